The van der Waals surface area contributed by atoms with Crippen molar-refractivity contribution in [1.29, 1.82) is 0 Å². The Morgan fingerprint density at radius 1 is 1.25 bits per heavy atom. The number of terminal acetylenes is 1. The number of aromatic nitrogens is 5. The molecule has 8 heteroatoms. The molecule has 0 bridgehead atoms. The van der Waals surface area contributed by atoms with Gasteiger partial charge in [-0.25, -0.2) is 4.52 Å². The molecule has 1 saturated carbocycles. The number of fused-ring (bicyclic) bond motifs is 1. The molecule has 0 unspecified atom stereocenters. The fourth-order valence-electron chi connectivity index (χ4n) is 4.15. The SMILES string of the molecule is C#Cc1cnn2c(-c3cc(NC(C)C)c(-c4nnc(C5CC(C)(O)C5)s4)cn3)ccc2c1. The van der Waals surface area contributed by atoms with Crippen LogP contribution in [0, 0.1) is 12.3 Å². The van der Waals surface area contributed by atoms with Crippen LogP contribution in [-0.4, -0.2) is 41.5 Å². The Labute approximate surface area is 190 Å². The van der Waals surface area contributed by atoms with Crippen LogP contribution in [-0.2, 0) is 0 Å². The molecule has 1 fully saturated rings. The number of nitrogens with one attached hydrogen (secondary N) is 1. The molecule has 5 rings (SSSR count). The first-order valence-electron chi connectivity index (χ1n) is 10.6. The number of anilines is 1. The highest BCUT2D eigenvalue weighted by atomic mass is 32.1. The minimum atomic E-state index is -0.584. The highest BCUT2D eigenvalue weighted by Crippen LogP contribution is 2.46. The van der Waals surface area contributed by atoms with Crippen molar-refractivity contribution in [3.63, 3.8) is 0 Å². The Hall–Kier alpha value is -3.28. The van der Waals surface area contributed by atoms with Gasteiger partial charge in [0.2, 0.25) is 0 Å². The zero-order valence-corrected chi connectivity index (χ0v) is 19.0. The summed E-state index contributed by atoms with van der Waals surface area (Å²) in [4.78, 5) is 4.73. The van der Waals surface area contributed by atoms with E-state index >= 15 is 0 Å². The zero-order chi connectivity index (χ0) is 22.5. The number of rotatable bonds is 5. The van der Waals surface area contributed by atoms with Gasteiger partial charge in [0.15, 0.2) is 5.01 Å². The normalized spacial score (nSPS) is 20.3. The smallest absolute Gasteiger partial charge is 0.151 e. The highest BCUT2D eigenvalue weighted by Gasteiger charge is 2.41. The largest absolute Gasteiger partial charge is 0.390 e. The van der Waals surface area contributed by atoms with Crippen LogP contribution in [0.5, 0.6) is 0 Å². The summed E-state index contributed by atoms with van der Waals surface area (Å²) in [5, 5.41) is 28.7. The topological polar surface area (TPSA) is 88.2 Å². The van der Waals surface area contributed by atoms with Gasteiger partial charge in [-0.05, 0) is 57.9 Å². The molecule has 7 nitrogen and oxygen atoms in total. The number of hydrogen-bond acceptors (Lipinski definition) is 7. The maximum atomic E-state index is 10.1. The maximum absolute atomic E-state index is 10.1. The van der Waals surface area contributed by atoms with Crippen LogP contribution in [0.25, 0.3) is 27.5 Å². The summed E-state index contributed by atoms with van der Waals surface area (Å²) in [6.45, 7) is 6.06. The molecule has 0 amide bonds. The number of hydrogen-bond donors (Lipinski definition) is 2. The van der Waals surface area contributed by atoms with E-state index < -0.39 is 5.60 Å². The van der Waals surface area contributed by atoms with Crippen LogP contribution in [0.3, 0.4) is 0 Å². The second-order valence-electron chi connectivity index (χ2n) is 8.91. The molecule has 0 saturated heterocycles. The van der Waals surface area contributed by atoms with Gasteiger partial charge in [-0.2, -0.15) is 5.10 Å². The number of pyridine rings is 1. The van der Waals surface area contributed by atoms with Crippen LogP contribution in [0.15, 0.2) is 36.7 Å². The Morgan fingerprint density at radius 3 is 2.78 bits per heavy atom. The van der Waals surface area contributed by atoms with Crippen molar-refractivity contribution in [1.82, 2.24) is 24.8 Å². The highest BCUT2D eigenvalue weighted by molar-refractivity contribution is 7.14. The Morgan fingerprint density at radius 2 is 2.06 bits per heavy atom. The first kappa shape index (κ1) is 20.6. The Bertz CT molecular complexity index is 1340. The molecular weight excluding hydrogens is 420 g/mol. The van der Waals surface area contributed by atoms with Crippen molar-refractivity contribution >= 4 is 22.5 Å². The molecule has 0 atom stereocenters. The summed E-state index contributed by atoms with van der Waals surface area (Å²) >= 11 is 1.57. The van der Waals surface area contributed by atoms with Crippen LogP contribution in [0.1, 0.15) is 50.1 Å². The molecule has 1 aliphatic rings. The monoisotopic (exact) mass is 444 g/mol. The van der Waals surface area contributed by atoms with Crippen LogP contribution < -0.4 is 5.32 Å². The molecule has 1 aliphatic carbocycles. The zero-order valence-electron chi connectivity index (χ0n) is 18.2. The van der Waals surface area contributed by atoms with E-state index in [4.69, 9.17) is 11.4 Å². The van der Waals surface area contributed by atoms with Crippen LogP contribution in [0.2, 0.25) is 0 Å². The van der Waals surface area contributed by atoms with E-state index in [1.165, 1.54) is 0 Å². The number of nitrogens with zero attached hydrogens (tertiary/aromatic N) is 5. The molecule has 0 radical (unpaired) electrons. The second kappa shape index (κ2) is 7.69. The second-order valence-corrected chi connectivity index (χ2v) is 9.91. The minimum Gasteiger partial charge on any atom is -0.390 e. The van der Waals surface area contributed by atoms with Crippen molar-refractivity contribution < 1.29 is 5.11 Å². The lowest BCUT2D eigenvalue weighted by Gasteiger charge is -2.39. The first-order valence-corrected chi connectivity index (χ1v) is 11.4. The minimum absolute atomic E-state index is 0.235. The molecule has 0 spiro atoms. The van der Waals surface area contributed by atoms with Crippen molar-refractivity contribution in [2.75, 3.05) is 5.32 Å². The quantitative estimate of drug-likeness (QED) is 0.445. The van der Waals surface area contributed by atoms with Gasteiger partial charge in [-0.15, -0.1) is 16.6 Å². The molecule has 162 valence electrons. The van der Waals surface area contributed by atoms with Crippen LogP contribution in [0.4, 0.5) is 5.69 Å². The summed E-state index contributed by atoms with van der Waals surface area (Å²) in [6.07, 6.45) is 10.5. The van der Waals surface area contributed by atoms with E-state index in [-0.39, 0.29) is 12.0 Å². The van der Waals surface area contributed by atoms with Crippen molar-refractivity contribution in [2.45, 2.75) is 51.2 Å². The van der Waals surface area contributed by atoms with Gasteiger partial charge in [-0.1, -0.05) is 17.3 Å². The average molecular weight is 445 g/mol. The lowest BCUT2D eigenvalue weighted by Crippen LogP contribution is -2.39. The molecule has 2 N–H and O–H groups in total. The van der Waals surface area contributed by atoms with Crippen molar-refractivity contribution in [2.24, 2.45) is 0 Å². The first-order chi connectivity index (χ1) is 15.3. The molecule has 0 aliphatic heterocycles. The third kappa shape index (κ3) is 3.74. The molecular formula is C24H24N6OS. The molecule has 4 aromatic heterocycles. The van der Waals surface area contributed by atoms with E-state index in [2.05, 4.69) is 40.4 Å². The molecule has 4 heterocycles. The summed E-state index contributed by atoms with van der Waals surface area (Å²) in [6, 6.07) is 8.18. The Kier molecular flexibility index (Phi) is 4.96. The van der Waals surface area contributed by atoms with Crippen molar-refractivity contribution in [3.05, 3.63) is 47.2 Å². The molecule has 4 aromatic rings. The summed E-state index contributed by atoms with van der Waals surface area (Å²) < 4.78 is 1.84. The van der Waals surface area contributed by atoms with Gasteiger partial charge >= 0.3 is 0 Å². The van der Waals surface area contributed by atoms with E-state index in [0.29, 0.717) is 0 Å². The van der Waals surface area contributed by atoms with Gasteiger partial charge in [0.05, 0.1) is 34.3 Å². The van der Waals surface area contributed by atoms with E-state index in [0.717, 1.165) is 56.6 Å². The van der Waals surface area contributed by atoms with Gasteiger partial charge in [-0.3, -0.25) is 4.98 Å². The lowest BCUT2D eigenvalue weighted by molar-refractivity contribution is -0.0315. The summed E-state index contributed by atoms with van der Waals surface area (Å²) in [5.41, 5.74) is 4.63. The summed E-state index contributed by atoms with van der Waals surface area (Å²) in [5.74, 6) is 2.89. The van der Waals surface area contributed by atoms with Crippen molar-refractivity contribution in [3.8, 4) is 34.3 Å². The van der Waals surface area contributed by atoms with Gasteiger partial charge in [0.25, 0.3) is 0 Å². The van der Waals surface area contributed by atoms with Gasteiger partial charge in [0, 0.05) is 29.4 Å². The van der Waals surface area contributed by atoms with E-state index in [9.17, 15) is 5.11 Å². The third-order valence-electron chi connectivity index (χ3n) is 5.67. The fraction of sp³-hybridized carbons (Fsp3) is 0.333. The standard InChI is InChI=1S/C24H24N6OS/c1-5-15-8-17-6-7-21(30(17)26-12-15)20-9-19(27-14(2)3)18(13-25-20)23-29-28-22(32-23)16-10-24(4,31)11-16/h1,6-9,12-14,16,31H,10-11H2,2-4H3,(H,25,27). The van der Waals surface area contributed by atoms with E-state index in [1.54, 1.807) is 17.5 Å². The van der Waals surface area contributed by atoms with E-state index in [1.807, 2.05) is 41.9 Å². The molecule has 0 aromatic carbocycles. The predicted molar refractivity (Wildman–Crippen MR) is 127 cm³/mol. The maximum Gasteiger partial charge on any atom is 0.151 e. The van der Waals surface area contributed by atoms with Gasteiger partial charge in [0.1, 0.15) is 5.01 Å². The summed E-state index contributed by atoms with van der Waals surface area (Å²) in [7, 11) is 0. The fourth-order valence-corrected chi connectivity index (χ4v) is 5.12. The van der Waals surface area contributed by atoms with Gasteiger partial charge < -0.3 is 10.4 Å². The predicted octanol–water partition coefficient (Wildman–Crippen LogP) is 4.34. The third-order valence-corrected chi connectivity index (χ3v) is 6.79. The van der Waals surface area contributed by atoms with Crippen LogP contribution >= 0.6 is 11.3 Å². The lowest BCUT2D eigenvalue weighted by atomic mass is 9.72. The number of aliphatic hydroxyl groups is 1. The average Bonchev–Trinajstić information content (AvgIpc) is 3.38. The Balaban J connectivity index is 1.52. The molecule has 32 heavy (non-hydrogen) atoms.